The second-order valence-corrected chi connectivity index (χ2v) is 7.58. The molecule has 32 heavy (non-hydrogen) atoms. The van der Waals surface area contributed by atoms with Crippen LogP contribution in [0.15, 0.2) is 100 Å². The van der Waals surface area contributed by atoms with Crippen molar-refractivity contribution in [2.45, 2.75) is 5.92 Å². The van der Waals surface area contributed by atoms with Gasteiger partial charge < -0.3 is 8.83 Å². The fourth-order valence-corrected chi connectivity index (χ4v) is 4.32. The van der Waals surface area contributed by atoms with E-state index < -0.39 is 0 Å². The van der Waals surface area contributed by atoms with Crippen LogP contribution in [0.1, 0.15) is 33.0 Å². The molecule has 0 saturated heterocycles. The molecule has 2 aromatic heterocycles. The van der Waals surface area contributed by atoms with Crippen molar-refractivity contribution in [3.63, 3.8) is 0 Å². The van der Waals surface area contributed by atoms with Crippen molar-refractivity contribution in [1.29, 1.82) is 0 Å². The van der Waals surface area contributed by atoms with Gasteiger partial charge in [-0.15, -0.1) is 5.10 Å². The van der Waals surface area contributed by atoms with Crippen LogP contribution in [0.5, 0.6) is 0 Å². The number of nitrogens with zero attached hydrogens (tertiary/aromatic N) is 2. The first kappa shape index (κ1) is 18.3. The standard InChI is InChI=1S/C26H17N3O3/c30-24(27-26-29-28-25(32-26)22-13-6-14-31-22)17-8-5-7-16(15-17)23-20-11-3-1-9-18(20)19-10-2-4-12-21(19)23/h1-15,23H,(H,27,29,30). The highest BCUT2D eigenvalue weighted by atomic mass is 16.4. The van der Waals surface area contributed by atoms with E-state index in [9.17, 15) is 4.79 Å². The maximum Gasteiger partial charge on any atom is 0.322 e. The van der Waals surface area contributed by atoms with Gasteiger partial charge in [0.1, 0.15) is 0 Å². The van der Waals surface area contributed by atoms with Gasteiger partial charge in [-0.3, -0.25) is 10.1 Å². The molecule has 0 fully saturated rings. The number of carbonyl (C=O) groups excluding carboxylic acids is 1. The summed E-state index contributed by atoms with van der Waals surface area (Å²) in [5, 5.41) is 10.5. The Morgan fingerprint density at radius 1 is 0.812 bits per heavy atom. The smallest absolute Gasteiger partial charge is 0.322 e. The average Bonchev–Trinajstić information content (AvgIpc) is 3.58. The number of benzene rings is 3. The van der Waals surface area contributed by atoms with Crippen LogP contribution in [-0.4, -0.2) is 16.1 Å². The van der Waals surface area contributed by atoms with Gasteiger partial charge in [0, 0.05) is 11.5 Å². The molecule has 6 rings (SSSR count). The molecule has 3 aromatic carbocycles. The lowest BCUT2D eigenvalue weighted by Crippen LogP contribution is -2.13. The highest BCUT2D eigenvalue weighted by Gasteiger charge is 2.29. The van der Waals surface area contributed by atoms with E-state index in [4.69, 9.17) is 8.83 Å². The van der Waals surface area contributed by atoms with Crippen LogP contribution in [0.2, 0.25) is 0 Å². The summed E-state index contributed by atoms with van der Waals surface area (Å²) in [6, 6.07) is 27.9. The lowest BCUT2D eigenvalue weighted by atomic mass is 9.88. The Bertz CT molecular complexity index is 1390. The minimum Gasteiger partial charge on any atom is -0.459 e. The number of hydrogen-bond acceptors (Lipinski definition) is 5. The van der Waals surface area contributed by atoms with Gasteiger partial charge in [-0.2, -0.15) is 0 Å². The fourth-order valence-electron chi connectivity index (χ4n) is 4.32. The monoisotopic (exact) mass is 419 g/mol. The summed E-state index contributed by atoms with van der Waals surface area (Å²) < 4.78 is 10.7. The fraction of sp³-hybridized carbons (Fsp3) is 0.0385. The second kappa shape index (κ2) is 7.35. The van der Waals surface area contributed by atoms with Gasteiger partial charge in [-0.05, 0) is 52.1 Å². The normalized spacial score (nSPS) is 12.4. The molecule has 6 nitrogen and oxygen atoms in total. The topological polar surface area (TPSA) is 81.2 Å². The van der Waals surface area contributed by atoms with Crippen molar-refractivity contribution in [1.82, 2.24) is 10.2 Å². The molecule has 2 heterocycles. The van der Waals surface area contributed by atoms with E-state index in [1.54, 1.807) is 18.2 Å². The van der Waals surface area contributed by atoms with E-state index in [-0.39, 0.29) is 23.7 Å². The van der Waals surface area contributed by atoms with E-state index in [0.29, 0.717) is 11.3 Å². The van der Waals surface area contributed by atoms with Crippen LogP contribution in [-0.2, 0) is 0 Å². The minimum atomic E-state index is -0.318. The molecule has 1 amide bonds. The van der Waals surface area contributed by atoms with E-state index >= 15 is 0 Å². The lowest BCUT2D eigenvalue weighted by Gasteiger charge is -2.15. The van der Waals surface area contributed by atoms with E-state index in [2.05, 4.69) is 70.1 Å². The number of carbonyl (C=O) groups is 1. The number of hydrogen-bond donors (Lipinski definition) is 1. The molecule has 0 saturated carbocycles. The first-order valence-corrected chi connectivity index (χ1v) is 10.2. The summed E-state index contributed by atoms with van der Waals surface area (Å²) in [5.41, 5.74) is 6.52. The third kappa shape index (κ3) is 3.01. The van der Waals surface area contributed by atoms with Gasteiger partial charge in [0.15, 0.2) is 5.76 Å². The Kier molecular flexibility index (Phi) is 4.21. The van der Waals surface area contributed by atoms with Crippen LogP contribution in [0.4, 0.5) is 6.01 Å². The van der Waals surface area contributed by atoms with Crippen molar-refractivity contribution >= 4 is 11.9 Å². The molecule has 0 radical (unpaired) electrons. The zero-order chi connectivity index (χ0) is 21.5. The third-order valence-electron chi connectivity index (χ3n) is 5.69. The number of amides is 1. The van der Waals surface area contributed by atoms with Gasteiger partial charge in [-0.1, -0.05) is 65.8 Å². The molecule has 1 N–H and O–H groups in total. The lowest BCUT2D eigenvalue weighted by molar-refractivity contribution is 0.102. The number of nitrogens with one attached hydrogen (secondary N) is 1. The predicted octanol–water partition coefficient (Wildman–Crippen LogP) is 5.74. The molecular formula is C26H17N3O3. The summed E-state index contributed by atoms with van der Waals surface area (Å²) in [7, 11) is 0. The zero-order valence-corrected chi connectivity index (χ0v) is 16.9. The van der Waals surface area contributed by atoms with Crippen LogP contribution < -0.4 is 5.32 Å². The molecule has 0 spiro atoms. The van der Waals surface area contributed by atoms with Gasteiger partial charge in [0.05, 0.1) is 6.26 Å². The third-order valence-corrected chi connectivity index (χ3v) is 5.69. The van der Waals surface area contributed by atoms with E-state index in [1.807, 2.05) is 12.1 Å². The van der Waals surface area contributed by atoms with Gasteiger partial charge in [0.25, 0.3) is 11.8 Å². The molecule has 0 bridgehead atoms. The predicted molar refractivity (Wildman–Crippen MR) is 119 cm³/mol. The molecule has 6 heteroatoms. The van der Waals surface area contributed by atoms with Crippen LogP contribution in [0.25, 0.3) is 22.8 Å². The number of aromatic nitrogens is 2. The molecule has 1 aliphatic rings. The van der Waals surface area contributed by atoms with Crippen LogP contribution in [0, 0.1) is 0 Å². The second-order valence-electron chi connectivity index (χ2n) is 7.58. The molecule has 0 atom stereocenters. The highest BCUT2D eigenvalue weighted by Crippen LogP contribution is 2.47. The van der Waals surface area contributed by atoms with Crippen molar-refractivity contribution in [2.24, 2.45) is 0 Å². The molecular weight excluding hydrogens is 402 g/mol. The van der Waals surface area contributed by atoms with Gasteiger partial charge in [0.2, 0.25) is 0 Å². The maximum atomic E-state index is 12.9. The summed E-state index contributed by atoms with van der Waals surface area (Å²) in [6.45, 7) is 0. The van der Waals surface area contributed by atoms with Crippen molar-refractivity contribution in [3.05, 3.63) is 113 Å². The van der Waals surface area contributed by atoms with E-state index in [0.717, 1.165) is 5.56 Å². The molecule has 1 aliphatic carbocycles. The molecule has 154 valence electrons. The Morgan fingerprint density at radius 2 is 1.56 bits per heavy atom. The molecule has 0 aliphatic heterocycles. The quantitative estimate of drug-likeness (QED) is 0.394. The first-order chi connectivity index (χ1) is 15.8. The Hall–Kier alpha value is -4.45. The average molecular weight is 419 g/mol. The Balaban J connectivity index is 1.31. The summed E-state index contributed by atoms with van der Waals surface area (Å²) in [4.78, 5) is 12.9. The Labute approximate surface area is 183 Å². The number of anilines is 1. The summed E-state index contributed by atoms with van der Waals surface area (Å²) in [5.74, 6) is 0.405. The Morgan fingerprint density at radius 3 is 2.28 bits per heavy atom. The van der Waals surface area contributed by atoms with Crippen molar-refractivity contribution in [2.75, 3.05) is 5.32 Å². The van der Waals surface area contributed by atoms with Crippen molar-refractivity contribution < 1.29 is 13.6 Å². The van der Waals surface area contributed by atoms with Crippen LogP contribution in [0.3, 0.4) is 0 Å². The minimum absolute atomic E-state index is 0.0170. The van der Waals surface area contributed by atoms with Gasteiger partial charge in [-0.25, -0.2) is 0 Å². The molecule has 5 aromatic rings. The van der Waals surface area contributed by atoms with Crippen LogP contribution >= 0.6 is 0 Å². The van der Waals surface area contributed by atoms with Gasteiger partial charge >= 0.3 is 6.01 Å². The maximum absolute atomic E-state index is 12.9. The van der Waals surface area contributed by atoms with Crippen molar-refractivity contribution in [3.8, 4) is 22.8 Å². The largest absolute Gasteiger partial charge is 0.459 e. The summed E-state index contributed by atoms with van der Waals surface area (Å²) >= 11 is 0. The number of furan rings is 1. The first-order valence-electron chi connectivity index (χ1n) is 10.2. The summed E-state index contributed by atoms with van der Waals surface area (Å²) in [6.07, 6.45) is 1.52. The number of fused-ring (bicyclic) bond motifs is 3. The zero-order valence-electron chi connectivity index (χ0n) is 16.9. The number of rotatable bonds is 4. The highest BCUT2D eigenvalue weighted by molar-refractivity contribution is 6.03. The SMILES string of the molecule is O=C(Nc1nnc(-c2ccco2)o1)c1cccc(C2c3ccccc3-c3ccccc32)c1. The van der Waals surface area contributed by atoms with E-state index in [1.165, 1.54) is 28.5 Å². The molecule has 0 unspecified atom stereocenters.